The highest BCUT2D eigenvalue weighted by atomic mass is 35.5. The zero-order valence-corrected chi connectivity index (χ0v) is 20.5. The van der Waals surface area contributed by atoms with Crippen molar-refractivity contribution in [1.29, 1.82) is 0 Å². The summed E-state index contributed by atoms with van der Waals surface area (Å²) in [5, 5.41) is 2.99. The van der Waals surface area contributed by atoms with Gasteiger partial charge in [-0.1, -0.05) is 103 Å². The summed E-state index contributed by atoms with van der Waals surface area (Å²) in [7, 11) is 0. The van der Waals surface area contributed by atoms with Gasteiger partial charge in [0.2, 0.25) is 0 Å². The predicted molar refractivity (Wildman–Crippen MR) is 148 cm³/mol. The molecule has 0 radical (unpaired) electrons. The fourth-order valence-electron chi connectivity index (χ4n) is 5.54. The van der Waals surface area contributed by atoms with Gasteiger partial charge in [-0.05, 0) is 48.1 Å². The zero-order valence-electron chi connectivity index (χ0n) is 19.7. The van der Waals surface area contributed by atoms with Crippen molar-refractivity contribution in [3.05, 3.63) is 137 Å². The number of pyridine rings is 1. The first kappa shape index (κ1) is 21.4. The number of aromatic nitrogens is 1. The summed E-state index contributed by atoms with van der Waals surface area (Å²) in [6, 6.07) is 37.7. The Labute approximate surface area is 215 Å². The molecule has 4 aromatic carbocycles. The van der Waals surface area contributed by atoms with Gasteiger partial charge in [0.1, 0.15) is 11.9 Å². The maximum atomic E-state index is 6.83. The van der Waals surface area contributed by atoms with Crippen molar-refractivity contribution in [3.63, 3.8) is 0 Å². The SMILES string of the molecule is Clc1ccc2cc(-c3ccccc3)nc(C3(C4O/C(=C/c5ccccc5)c5ccccc54)CC3)c2c1. The summed E-state index contributed by atoms with van der Waals surface area (Å²) < 4.78 is 6.83. The molecule has 2 heterocycles. The van der Waals surface area contributed by atoms with Gasteiger partial charge in [0.05, 0.1) is 16.8 Å². The monoisotopic (exact) mass is 485 g/mol. The average molecular weight is 486 g/mol. The van der Waals surface area contributed by atoms with E-state index in [0.29, 0.717) is 0 Å². The van der Waals surface area contributed by atoms with Crippen molar-refractivity contribution in [2.75, 3.05) is 0 Å². The molecule has 0 saturated heterocycles. The number of hydrogen-bond donors (Lipinski definition) is 0. The Hall–Kier alpha value is -3.88. The van der Waals surface area contributed by atoms with E-state index in [1.807, 2.05) is 18.2 Å². The van der Waals surface area contributed by atoms with Gasteiger partial charge in [-0.25, -0.2) is 0 Å². The third-order valence-electron chi connectivity index (χ3n) is 7.48. The summed E-state index contributed by atoms with van der Waals surface area (Å²) in [6.07, 6.45) is 4.11. The van der Waals surface area contributed by atoms with Crippen LogP contribution in [0.15, 0.2) is 109 Å². The number of rotatable bonds is 4. The maximum absolute atomic E-state index is 6.83. The molecule has 1 unspecified atom stereocenters. The van der Waals surface area contributed by atoms with Crippen LogP contribution in [0.2, 0.25) is 5.02 Å². The second-order valence-corrected chi connectivity index (χ2v) is 10.2. The lowest BCUT2D eigenvalue weighted by molar-refractivity contribution is 0.144. The highest BCUT2D eigenvalue weighted by molar-refractivity contribution is 6.31. The molecule has 1 fully saturated rings. The molecule has 174 valence electrons. The number of fused-ring (bicyclic) bond motifs is 2. The molecule has 0 bridgehead atoms. The number of halogens is 1. The highest BCUT2D eigenvalue weighted by Crippen LogP contribution is 2.62. The van der Waals surface area contributed by atoms with Crippen molar-refractivity contribution in [3.8, 4) is 11.3 Å². The van der Waals surface area contributed by atoms with E-state index >= 15 is 0 Å². The van der Waals surface area contributed by atoms with Crippen LogP contribution in [0, 0.1) is 0 Å². The van der Waals surface area contributed by atoms with Crippen molar-refractivity contribution in [2.45, 2.75) is 24.4 Å². The van der Waals surface area contributed by atoms with Crippen molar-refractivity contribution >= 4 is 34.2 Å². The molecular formula is C33H24ClNO. The normalized spacial score (nSPS) is 18.7. The first-order valence-electron chi connectivity index (χ1n) is 12.4. The summed E-state index contributed by atoms with van der Waals surface area (Å²) in [5.41, 5.74) is 6.52. The van der Waals surface area contributed by atoms with Gasteiger partial charge in [-0.15, -0.1) is 0 Å². The quantitative estimate of drug-likeness (QED) is 0.253. The molecule has 2 aliphatic rings. The molecule has 5 aromatic rings. The molecule has 0 N–H and O–H groups in total. The molecule has 1 saturated carbocycles. The lowest BCUT2D eigenvalue weighted by Gasteiger charge is -2.25. The minimum atomic E-state index is -0.198. The first-order chi connectivity index (χ1) is 17.7. The van der Waals surface area contributed by atoms with Crippen LogP contribution in [0.5, 0.6) is 0 Å². The van der Waals surface area contributed by atoms with E-state index in [0.717, 1.165) is 56.9 Å². The van der Waals surface area contributed by atoms with E-state index in [9.17, 15) is 0 Å². The third-order valence-corrected chi connectivity index (χ3v) is 7.71. The van der Waals surface area contributed by atoms with E-state index in [1.54, 1.807) is 0 Å². The lowest BCUT2D eigenvalue weighted by atomic mass is 9.86. The fraction of sp³-hybridized carbons (Fsp3) is 0.121. The maximum Gasteiger partial charge on any atom is 0.136 e. The van der Waals surface area contributed by atoms with Gasteiger partial charge in [-0.2, -0.15) is 0 Å². The smallest absolute Gasteiger partial charge is 0.136 e. The topological polar surface area (TPSA) is 22.1 Å². The molecule has 1 aliphatic heterocycles. The van der Waals surface area contributed by atoms with Gasteiger partial charge in [0.15, 0.2) is 0 Å². The Kier molecular flexibility index (Phi) is 4.97. The molecule has 1 aliphatic carbocycles. The molecule has 1 atom stereocenters. The summed E-state index contributed by atoms with van der Waals surface area (Å²) in [6.45, 7) is 0. The van der Waals surface area contributed by atoms with E-state index in [-0.39, 0.29) is 11.5 Å². The molecule has 36 heavy (non-hydrogen) atoms. The van der Waals surface area contributed by atoms with Crippen molar-refractivity contribution in [1.82, 2.24) is 4.98 Å². The highest BCUT2D eigenvalue weighted by Gasteiger charge is 2.57. The third kappa shape index (κ3) is 3.53. The van der Waals surface area contributed by atoms with Gasteiger partial charge >= 0.3 is 0 Å². The number of ether oxygens (including phenoxy) is 1. The molecule has 3 heteroatoms. The number of benzene rings is 4. The minimum absolute atomic E-state index is 0.0932. The van der Waals surface area contributed by atoms with Crippen LogP contribution in [0.4, 0.5) is 0 Å². The second-order valence-electron chi connectivity index (χ2n) is 9.75. The number of hydrogen-bond acceptors (Lipinski definition) is 2. The summed E-state index contributed by atoms with van der Waals surface area (Å²) in [4.78, 5) is 5.31. The van der Waals surface area contributed by atoms with Crippen molar-refractivity contribution < 1.29 is 4.74 Å². The molecule has 0 spiro atoms. The second kappa shape index (κ2) is 8.36. The first-order valence-corrected chi connectivity index (χ1v) is 12.8. The minimum Gasteiger partial charge on any atom is -0.484 e. The summed E-state index contributed by atoms with van der Waals surface area (Å²) in [5.74, 6) is 0.926. The van der Waals surface area contributed by atoms with Gasteiger partial charge in [0.25, 0.3) is 0 Å². The lowest BCUT2D eigenvalue weighted by Crippen LogP contribution is -2.20. The molecule has 2 nitrogen and oxygen atoms in total. The van der Waals surface area contributed by atoms with E-state index < -0.39 is 0 Å². The Balaban J connectivity index is 1.40. The number of nitrogens with zero attached hydrogens (tertiary/aromatic N) is 1. The average Bonchev–Trinajstić information content (AvgIpc) is 3.65. The molecule has 0 amide bonds. The van der Waals surface area contributed by atoms with Gasteiger partial charge in [0, 0.05) is 27.1 Å². The Bertz CT molecular complexity index is 1620. The van der Waals surface area contributed by atoms with Crippen LogP contribution in [0.3, 0.4) is 0 Å². The van der Waals surface area contributed by atoms with Crippen LogP contribution < -0.4 is 0 Å². The van der Waals surface area contributed by atoms with Crippen LogP contribution in [0.25, 0.3) is 33.9 Å². The standard InChI is InChI=1S/C33H24ClNO/c34-25-16-15-24-20-29(23-11-5-2-6-12-23)35-31(28(24)21-25)33(17-18-33)32-27-14-8-7-13-26(27)30(36-32)19-22-9-3-1-4-10-22/h1-16,19-21,32H,17-18H2/b30-19+. The zero-order chi connectivity index (χ0) is 24.1. The Morgan fingerprint density at radius 1 is 0.806 bits per heavy atom. The van der Waals surface area contributed by atoms with E-state index in [2.05, 4.69) is 97.1 Å². The molecule has 7 rings (SSSR count). The Morgan fingerprint density at radius 2 is 1.53 bits per heavy atom. The molecule has 1 aromatic heterocycles. The van der Waals surface area contributed by atoms with Crippen LogP contribution in [-0.4, -0.2) is 4.98 Å². The Morgan fingerprint density at radius 3 is 2.31 bits per heavy atom. The summed E-state index contributed by atoms with van der Waals surface area (Å²) >= 11 is 6.50. The van der Waals surface area contributed by atoms with Crippen LogP contribution in [0.1, 0.15) is 41.3 Å². The van der Waals surface area contributed by atoms with E-state index in [4.69, 9.17) is 21.3 Å². The fourth-order valence-corrected chi connectivity index (χ4v) is 5.71. The van der Waals surface area contributed by atoms with Crippen molar-refractivity contribution in [2.24, 2.45) is 0 Å². The predicted octanol–water partition coefficient (Wildman–Crippen LogP) is 8.86. The van der Waals surface area contributed by atoms with Gasteiger partial charge in [-0.3, -0.25) is 4.98 Å². The largest absolute Gasteiger partial charge is 0.484 e. The van der Waals surface area contributed by atoms with E-state index in [1.165, 1.54) is 11.1 Å². The van der Waals surface area contributed by atoms with Crippen LogP contribution >= 0.6 is 11.6 Å². The molecular weight excluding hydrogens is 462 g/mol. The van der Waals surface area contributed by atoms with Gasteiger partial charge < -0.3 is 4.74 Å². The van der Waals surface area contributed by atoms with Crippen LogP contribution in [-0.2, 0) is 10.2 Å².